The van der Waals surface area contributed by atoms with Crippen LogP contribution in [0.4, 0.5) is 0 Å². The highest BCUT2D eigenvalue weighted by atomic mass is 35.5. The van der Waals surface area contributed by atoms with Crippen molar-refractivity contribution in [2.24, 2.45) is 0 Å². The van der Waals surface area contributed by atoms with Gasteiger partial charge in [-0.2, -0.15) is 4.31 Å². The van der Waals surface area contributed by atoms with Crippen LogP contribution < -0.4 is 4.72 Å². The van der Waals surface area contributed by atoms with Crippen molar-refractivity contribution in [3.8, 4) is 0 Å². The number of nitrogens with one attached hydrogen (secondary N) is 1. The standard InChI is InChI=1S/C15H16Cl2N2O4S3/c16-11-7-12(17)9-14(8-11)25(20,21)18-10-13-3-4-15(24-13)26(22,23)19-5-1-2-6-19/h3-4,7-9,18H,1-2,5-6,10H2. The third-order valence-corrected chi connectivity index (χ3v) is 9.15. The molecule has 0 aliphatic carbocycles. The number of benzene rings is 1. The molecule has 2 aromatic rings. The molecule has 0 radical (unpaired) electrons. The molecule has 0 amide bonds. The van der Waals surface area contributed by atoms with Crippen molar-refractivity contribution < 1.29 is 16.8 Å². The van der Waals surface area contributed by atoms with Crippen LogP contribution in [0.15, 0.2) is 39.4 Å². The number of halogens is 2. The molecule has 6 nitrogen and oxygen atoms in total. The van der Waals surface area contributed by atoms with Crippen molar-refractivity contribution in [3.63, 3.8) is 0 Å². The number of hydrogen-bond donors (Lipinski definition) is 1. The van der Waals surface area contributed by atoms with E-state index in [9.17, 15) is 16.8 Å². The van der Waals surface area contributed by atoms with E-state index in [4.69, 9.17) is 23.2 Å². The average Bonchev–Trinajstić information content (AvgIpc) is 3.24. The van der Waals surface area contributed by atoms with Crippen molar-refractivity contribution in [1.82, 2.24) is 9.03 Å². The summed E-state index contributed by atoms with van der Waals surface area (Å²) in [6.45, 7) is 1.03. The summed E-state index contributed by atoms with van der Waals surface area (Å²) in [6.07, 6.45) is 1.72. The normalized spacial score (nSPS) is 16.2. The maximum atomic E-state index is 12.5. The molecule has 1 fully saturated rings. The molecule has 0 unspecified atom stereocenters. The summed E-state index contributed by atoms with van der Waals surface area (Å²) in [5.74, 6) is 0. The van der Waals surface area contributed by atoms with Gasteiger partial charge in [0, 0.05) is 34.6 Å². The van der Waals surface area contributed by atoms with E-state index in [1.807, 2.05) is 0 Å². The monoisotopic (exact) mass is 454 g/mol. The van der Waals surface area contributed by atoms with E-state index in [1.165, 1.54) is 28.6 Å². The van der Waals surface area contributed by atoms with E-state index >= 15 is 0 Å². The highest BCUT2D eigenvalue weighted by Crippen LogP contribution is 2.28. The van der Waals surface area contributed by atoms with Gasteiger partial charge < -0.3 is 0 Å². The Morgan fingerprint density at radius 1 is 1.00 bits per heavy atom. The minimum Gasteiger partial charge on any atom is -0.207 e. The molecule has 2 heterocycles. The molecule has 0 saturated carbocycles. The summed E-state index contributed by atoms with van der Waals surface area (Å²) in [4.78, 5) is 0.552. The van der Waals surface area contributed by atoms with Gasteiger partial charge >= 0.3 is 0 Å². The molecule has 1 N–H and O–H groups in total. The third kappa shape index (κ3) is 4.41. The Morgan fingerprint density at radius 2 is 1.62 bits per heavy atom. The maximum Gasteiger partial charge on any atom is 0.252 e. The molecule has 0 bridgehead atoms. The Kier molecular flexibility index (Phi) is 5.98. The van der Waals surface area contributed by atoms with Crippen LogP contribution in [0.1, 0.15) is 17.7 Å². The fourth-order valence-corrected chi connectivity index (χ4v) is 7.37. The first-order valence-corrected chi connectivity index (χ1v) is 12.2. The molecule has 0 atom stereocenters. The highest BCUT2D eigenvalue weighted by molar-refractivity contribution is 7.91. The van der Waals surface area contributed by atoms with E-state index in [-0.39, 0.29) is 25.7 Å². The second kappa shape index (κ2) is 7.75. The zero-order valence-corrected chi connectivity index (χ0v) is 17.4. The molecule has 26 heavy (non-hydrogen) atoms. The number of thiophene rings is 1. The molecule has 1 aliphatic rings. The zero-order valence-electron chi connectivity index (χ0n) is 13.5. The van der Waals surface area contributed by atoms with Crippen LogP contribution in [0.2, 0.25) is 10.0 Å². The summed E-state index contributed by atoms with van der Waals surface area (Å²) >= 11 is 12.7. The van der Waals surface area contributed by atoms with Crippen molar-refractivity contribution in [1.29, 1.82) is 0 Å². The lowest BCUT2D eigenvalue weighted by Crippen LogP contribution is -2.27. The second-order valence-corrected chi connectivity index (χ2v) is 11.7. The molecule has 11 heteroatoms. The van der Waals surface area contributed by atoms with Gasteiger partial charge in [-0.15, -0.1) is 11.3 Å². The van der Waals surface area contributed by atoms with Gasteiger partial charge in [-0.25, -0.2) is 21.6 Å². The maximum absolute atomic E-state index is 12.5. The van der Waals surface area contributed by atoms with Crippen molar-refractivity contribution in [2.75, 3.05) is 13.1 Å². The molecule has 1 aliphatic heterocycles. The number of hydrogen-bond acceptors (Lipinski definition) is 5. The van der Waals surface area contributed by atoms with E-state index in [1.54, 1.807) is 6.07 Å². The average molecular weight is 455 g/mol. The number of nitrogens with zero attached hydrogens (tertiary/aromatic N) is 1. The number of sulfonamides is 2. The lowest BCUT2D eigenvalue weighted by Gasteiger charge is -2.13. The molecule has 3 rings (SSSR count). The summed E-state index contributed by atoms with van der Waals surface area (Å²) in [5.41, 5.74) is 0. The van der Waals surface area contributed by atoms with E-state index in [2.05, 4.69) is 4.72 Å². The second-order valence-electron chi connectivity index (χ2n) is 5.76. The first-order chi connectivity index (χ1) is 12.2. The smallest absolute Gasteiger partial charge is 0.207 e. The number of rotatable bonds is 6. The van der Waals surface area contributed by atoms with Crippen molar-refractivity contribution >= 4 is 54.6 Å². The minimum absolute atomic E-state index is 0.0212. The summed E-state index contributed by atoms with van der Waals surface area (Å²) in [5, 5.41) is 0.431. The minimum atomic E-state index is -3.82. The van der Waals surface area contributed by atoms with Gasteiger partial charge in [-0.3, -0.25) is 0 Å². The van der Waals surface area contributed by atoms with Crippen LogP contribution in [-0.4, -0.2) is 34.2 Å². The van der Waals surface area contributed by atoms with Crippen LogP contribution in [0.3, 0.4) is 0 Å². The fourth-order valence-electron chi connectivity index (χ4n) is 2.58. The largest absolute Gasteiger partial charge is 0.252 e. The first kappa shape index (κ1) is 20.1. The quantitative estimate of drug-likeness (QED) is 0.725. The van der Waals surface area contributed by atoms with Crippen LogP contribution in [0.5, 0.6) is 0 Å². The lowest BCUT2D eigenvalue weighted by molar-refractivity contribution is 0.479. The van der Waals surface area contributed by atoms with Gasteiger partial charge in [0.1, 0.15) is 4.21 Å². The summed E-state index contributed by atoms with van der Waals surface area (Å²) < 4.78 is 53.9. The highest BCUT2D eigenvalue weighted by Gasteiger charge is 2.28. The van der Waals surface area contributed by atoms with Crippen LogP contribution in [-0.2, 0) is 26.6 Å². The molecule has 1 aromatic carbocycles. The van der Waals surface area contributed by atoms with Crippen molar-refractivity contribution in [3.05, 3.63) is 45.3 Å². The van der Waals surface area contributed by atoms with Crippen LogP contribution in [0, 0.1) is 0 Å². The van der Waals surface area contributed by atoms with E-state index in [0.717, 1.165) is 24.2 Å². The Balaban J connectivity index is 1.73. The molecule has 142 valence electrons. The molecule has 1 saturated heterocycles. The van der Waals surface area contributed by atoms with Crippen LogP contribution in [0.25, 0.3) is 0 Å². The van der Waals surface area contributed by atoms with Gasteiger partial charge in [-0.1, -0.05) is 23.2 Å². The topological polar surface area (TPSA) is 83.5 Å². The van der Waals surface area contributed by atoms with E-state index < -0.39 is 20.0 Å². The molecule has 0 spiro atoms. The van der Waals surface area contributed by atoms with E-state index in [0.29, 0.717) is 18.0 Å². The Hall–Kier alpha value is -0.680. The summed E-state index contributed by atoms with van der Waals surface area (Å²) in [6, 6.07) is 7.16. The predicted octanol–water partition coefficient (Wildman–Crippen LogP) is 3.32. The Bertz CT molecular complexity index is 993. The van der Waals surface area contributed by atoms with Gasteiger partial charge in [0.2, 0.25) is 10.0 Å². The molecular weight excluding hydrogens is 439 g/mol. The van der Waals surface area contributed by atoms with Crippen LogP contribution >= 0.6 is 34.5 Å². The molecular formula is C15H16Cl2N2O4S3. The lowest BCUT2D eigenvalue weighted by atomic mass is 10.4. The Labute approximate surface area is 166 Å². The van der Waals surface area contributed by atoms with Crippen molar-refractivity contribution in [2.45, 2.75) is 28.5 Å². The summed E-state index contributed by atoms with van der Waals surface area (Å²) in [7, 11) is -7.31. The third-order valence-electron chi connectivity index (χ3n) is 3.88. The Morgan fingerprint density at radius 3 is 2.23 bits per heavy atom. The SMILES string of the molecule is O=S(=O)(NCc1ccc(S(=O)(=O)N2CCCC2)s1)c1cc(Cl)cc(Cl)c1. The van der Waals surface area contributed by atoms with Gasteiger partial charge in [0.05, 0.1) is 4.90 Å². The predicted molar refractivity (Wildman–Crippen MR) is 103 cm³/mol. The van der Waals surface area contributed by atoms with Gasteiger partial charge in [-0.05, 0) is 43.2 Å². The zero-order chi connectivity index (χ0) is 18.9. The molecule has 1 aromatic heterocycles. The first-order valence-electron chi connectivity index (χ1n) is 7.73. The van der Waals surface area contributed by atoms with Gasteiger partial charge in [0.25, 0.3) is 10.0 Å². The fraction of sp³-hybridized carbons (Fsp3) is 0.333. The van der Waals surface area contributed by atoms with Gasteiger partial charge in [0.15, 0.2) is 0 Å².